The van der Waals surface area contributed by atoms with Crippen molar-refractivity contribution in [2.45, 2.75) is 59.7 Å². The number of nitrogens with zero attached hydrogens (tertiary/aromatic N) is 1. The van der Waals surface area contributed by atoms with Gasteiger partial charge in [-0.3, -0.25) is 0 Å². The van der Waals surface area contributed by atoms with Crippen LogP contribution in [0.4, 0.5) is 0 Å². The van der Waals surface area contributed by atoms with Crippen molar-refractivity contribution in [3.05, 3.63) is 0 Å². The van der Waals surface area contributed by atoms with Gasteiger partial charge in [0.15, 0.2) is 0 Å². The molecule has 18 heavy (non-hydrogen) atoms. The first kappa shape index (κ1) is 18.3. The van der Waals surface area contributed by atoms with Crippen LogP contribution >= 0.6 is 0 Å². The second kappa shape index (κ2) is 7.18. The molecule has 1 N–H and O–H groups in total. The number of hydrogen-bond acceptors (Lipinski definition) is 3. The van der Waals surface area contributed by atoms with Gasteiger partial charge in [0.25, 0.3) is 0 Å². The van der Waals surface area contributed by atoms with Crippen molar-refractivity contribution in [2.75, 3.05) is 0 Å². The van der Waals surface area contributed by atoms with E-state index in [1.54, 1.807) is 0 Å². The summed E-state index contributed by atoms with van der Waals surface area (Å²) in [7, 11) is 0. The van der Waals surface area contributed by atoms with Crippen LogP contribution in [0, 0.1) is 0 Å². The third-order valence-electron chi connectivity index (χ3n) is 1.35. The summed E-state index contributed by atoms with van der Waals surface area (Å²) in [5.41, 5.74) is -0.477. The molecule has 0 fully saturated rings. The van der Waals surface area contributed by atoms with Gasteiger partial charge in [-0.25, -0.2) is 0 Å². The molecule has 0 unspecified atom stereocenters. The molecule has 0 amide bonds. The Morgan fingerprint density at radius 2 is 1.39 bits per heavy atom. The molecule has 0 atom stereocenters. The monoisotopic (exact) mass is 328 g/mol. The van der Waals surface area contributed by atoms with E-state index in [9.17, 15) is 0 Å². The topological polar surface area (TPSA) is 42.8 Å². The number of rotatable bonds is 4. The fraction of sp³-hybridized carbons (Fsp3) is 0.750. The van der Waals surface area contributed by atoms with Crippen LogP contribution < -0.4 is 5.32 Å². The minimum absolute atomic E-state index is 0.230. The van der Waals surface area contributed by atoms with Crippen molar-refractivity contribution in [3.8, 4) is 0 Å². The third kappa shape index (κ3) is 11.4. The Morgan fingerprint density at radius 1 is 0.944 bits per heavy atom. The fourth-order valence-electron chi connectivity index (χ4n) is 0.938. The molecular formula is C12H22N2O2V2. The van der Waals surface area contributed by atoms with E-state index < -0.39 is 0 Å². The summed E-state index contributed by atoms with van der Waals surface area (Å²) in [6.07, 6.45) is 0. The maximum absolute atomic E-state index is 5.63. The molecule has 0 spiro atoms. The van der Waals surface area contributed by atoms with E-state index in [1.165, 1.54) is 0 Å². The van der Waals surface area contributed by atoms with Crippen LogP contribution in [0.25, 0.3) is 0 Å². The van der Waals surface area contributed by atoms with E-state index in [0.29, 0.717) is 9.07 Å². The summed E-state index contributed by atoms with van der Waals surface area (Å²) in [5.74, 6) is 0.717. The van der Waals surface area contributed by atoms with Gasteiger partial charge in [-0.1, -0.05) is 0 Å². The Labute approximate surface area is 128 Å². The van der Waals surface area contributed by atoms with Crippen molar-refractivity contribution < 1.29 is 43.4 Å². The summed E-state index contributed by atoms with van der Waals surface area (Å²) in [6, 6.07) is 0. The Morgan fingerprint density at radius 3 is 1.78 bits per heavy atom. The zero-order chi connectivity index (χ0) is 14.6. The molecule has 0 saturated carbocycles. The normalized spacial score (nSPS) is 13.3. The summed E-state index contributed by atoms with van der Waals surface area (Å²) in [4.78, 5) is 4.29. The second-order valence-electron chi connectivity index (χ2n) is 5.84. The number of nitrogens with one attached hydrogen (secondary N) is 1. The molecule has 102 valence electrons. The van der Waals surface area contributed by atoms with Crippen molar-refractivity contribution in [3.63, 3.8) is 0 Å². The van der Waals surface area contributed by atoms with E-state index >= 15 is 0 Å². The third-order valence-corrected chi connectivity index (χ3v) is 1.97. The molecule has 0 aliphatic rings. The standard InChI is InChI=1S/C12H22N2O2.2V/c1-10(13-8-15-11(2,3)4)14-9-16-12(5,6)7;;/h13H,1-7H3;;. The number of amidine groups is 1. The Kier molecular flexibility index (Phi) is 7.30. The van der Waals surface area contributed by atoms with Crippen LogP contribution in [0.5, 0.6) is 0 Å². The van der Waals surface area contributed by atoms with Gasteiger partial charge in [-0.15, -0.1) is 0 Å². The second-order valence-corrected chi connectivity index (χ2v) is 7.07. The molecular weight excluding hydrogens is 306 g/mol. The molecule has 0 aromatic carbocycles. The summed E-state index contributed by atoms with van der Waals surface area (Å²) in [6.45, 7) is 13.8. The molecule has 0 aromatic rings. The van der Waals surface area contributed by atoms with Crippen LogP contribution in [0.1, 0.15) is 48.5 Å². The first-order valence-corrected chi connectivity index (χ1v) is 7.11. The van der Waals surface area contributed by atoms with Gasteiger partial charge in [-0.2, -0.15) is 0 Å². The van der Waals surface area contributed by atoms with Gasteiger partial charge >= 0.3 is 128 Å². The van der Waals surface area contributed by atoms with Crippen LogP contribution in [-0.4, -0.2) is 26.1 Å². The molecule has 0 aliphatic carbocycles. The van der Waals surface area contributed by atoms with Gasteiger partial charge in [0.05, 0.1) is 0 Å². The average molecular weight is 328 g/mol. The van der Waals surface area contributed by atoms with E-state index in [4.69, 9.17) is 9.47 Å². The van der Waals surface area contributed by atoms with Gasteiger partial charge in [0.2, 0.25) is 0 Å². The Hall–Kier alpha value is 0.299. The van der Waals surface area contributed by atoms with Gasteiger partial charge in [0.1, 0.15) is 0 Å². The molecule has 0 radical (unpaired) electrons. The van der Waals surface area contributed by atoms with E-state index in [2.05, 4.69) is 44.3 Å². The fourth-order valence-corrected chi connectivity index (χ4v) is 2.28. The molecule has 0 saturated heterocycles. The van der Waals surface area contributed by atoms with Crippen molar-refractivity contribution in [2.24, 2.45) is 4.99 Å². The number of ether oxygens (including phenoxy) is 2. The number of aliphatic imine (C=N–C) groups is 1. The predicted octanol–water partition coefficient (Wildman–Crippen LogP) is 1.89. The zero-order valence-corrected chi connectivity index (χ0v) is 15.0. The van der Waals surface area contributed by atoms with Crippen LogP contribution in [0.2, 0.25) is 0 Å². The van der Waals surface area contributed by atoms with E-state index in [1.807, 2.05) is 48.5 Å². The Balaban J connectivity index is 4.36. The molecule has 0 rings (SSSR count). The molecule has 0 aromatic heterocycles. The van der Waals surface area contributed by atoms with Crippen LogP contribution in [0.3, 0.4) is 0 Å². The van der Waals surface area contributed by atoms with Crippen molar-refractivity contribution >= 4 is 14.9 Å². The molecule has 0 aliphatic heterocycles. The van der Waals surface area contributed by atoms with Crippen molar-refractivity contribution in [1.29, 1.82) is 0 Å². The van der Waals surface area contributed by atoms with E-state index in [-0.39, 0.29) is 11.2 Å². The summed E-state index contributed by atoms with van der Waals surface area (Å²) in [5, 5.41) is 3.06. The zero-order valence-electron chi connectivity index (χ0n) is 12.2. The first-order valence-electron chi connectivity index (χ1n) is 5.71. The quantitative estimate of drug-likeness (QED) is 0.633. The first-order chi connectivity index (χ1) is 7.89. The predicted molar refractivity (Wildman–Crippen MR) is 67.9 cm³/mol. The van der Waals surface area contributed by atoms with Gasteiger partial charge in [-0.05, 0) is 0 Å². The van der Waals surface area contributed by atoms with Gasteiger partial charge in [0, 0.05) is 0 Å². The van der Waals surface area contributed by atoms with Crippen LogP contribution in [0.15, 0.2) is 4.99 Å². The Bertz CT molecular complexity index is 352. The summed E-state index contributed by atoms with van der Waals surface area (Å²) >= 11 is 4.67. The number of hydrogen-bond donors (Lipinski definition) is 1. The SMILES string of the molecule is C/C(=N\[C](=[V])OC(C)(C)C)N[C](=[V])OC(C)(C)C. The maximum atomic E-state index is 5.63. The molecule has 0 bridgehead atoms. The molecule has 0 heterocycles. The average Bonchev–Trinajstić information content (AvgIpc) is 1.92. The molecule has 6 heteroatoms. The summed E-state index contributed by atoms with van der Waals surface area (Å²) < 4.78 is 12.5. The van der Waals surface area contributed by atoms with Crippen LogP contribution in [-0.2, 0) is 43.4 Å². The van der Waals surface area contributed by atoms with Gasteiger partial charge < -0.3 is 0 Å². The van der Waals surface area contributed by atoms with E-state index in [0.717, 1.165) is 5.84 Å². The molecule has 4 nitrogen and oxygen atoms in total. The van der Waals surface area contributed by atoms with Crippen molar-refractivity contribution in [1.82, 2.24) is 5.32 Å². The minimum atomic E-state index is -0.247.